The normalized spacial score (nSPS) is 19.7. The van der Waals surface area contributed by atoms with Gasteiger partial charge in [-0.3, -0.25) is 14.8 Å². The van der Waals surface area contributed by atoms with Gasteiger partial charge in [0.25, 0.3) is 0 Å². The van der Waals surface area contributed by atoms with E-state index in [2.05, 4.69) is 10.2 Å². The van der Waals surface area contributed by atoms with Crippen LogP contribution in [0, 0.1) is 0 Å². The van der Waals surface area contributed by atoms with Gasteiger partial charge in [-0.25, -0.2) is 8.42 Å². The smallest absolute Gasteiger partial charge is 0.236 e. The fourth-order valence-electron chi connectivity index (χ4n) is 2.76. The van der Waals surface area contributed by atoms with Gasteiger partial charge < -0.3 is 9.64 Å². The van der Waals surface area contributed by atoms with E-state index < -0.39 is 9.84 Å². The Balaban J connectivity index is 2.23. The Kier molecular flexibility index (Phi) is 5.77. The van der Waals surface area contributed by atoms with Crippen LogP contribution in [0.5, 0.6) is 0 Å². The molecule has 1 aliphatic heterocycles. The fourth-order valence-corrected chi connectivity index (χ4v) is 3.59. The number of nitrogens with zero attached hydrogens (tertiary/aromatic N) is 3. The summed E-state index contributed by atoms with van der Waals surface area (Å²) in [7, 11) is -3.39. The van der Waals surface area contributed by atoms with Crippen molar-refractivity contribution in [2.75, 3.05) is 45.6 Å². The van der Waals surface area contributed by atoms with Crippen molar-refractivity contribution in [1.82, 2.24) is 20.0 Å². The van der Waals surface area contributed by atoms with Gasteiger partial charge in [-0.1, -0.05) is 0 Å². The molecule has 1 N–H and O–H groups in total. The highest BCUT2D eigenvalue weighted by Gasteiger charge is 2.32. The third kappa shape index (κ3) is 4.10. The highest BCUT2D eigenvalue weighted by Crippen LogP contribution is 2.27. The second kappa shape index (κ2) is 7.41. The van der Waals surface area contributed by atoms with Gasteiger partial charge >= 0.3 is 0 Å². The lowest BCUT2D eigenvalue weighted by Gasteiger charge is -2.35. The number of likely N-dealkylation sites (N-methyl/N-ethyl adjacent to an activating group) is 1. The van der Waals surface area contributed by atoms with Crippen LogP contribution in [0.15, 0.2) is 11.1 Å². The highest BCUT2D eigenvalue weighted by atomic mass is 32.2. The molecule has 1 fully saturated rings. The van der Waals surface area contributed by atoms with E-state index in [1.54, 1.807) is 4.90 Å². The van der Waals surface area contributed by atoms with Crippen LogP contribution in [0.25, 0.3) is 0 Å². The average molecular weight is 344 g/mol. The van der Waals surface area contributed by atoms with Crippen molar-refractivity contribution in [1.29, 1.82) is 0 Å². The number of morpholine rings is 1. The zero-order valence-electron chi connectivity index (χ0n) is 13.8. The van der Waals surface area contributed by atoms with E-state index >= 15 is 0 Å². The largest absolute Gasteiger partial charge is 0.378 e. The van der Waals surface area contributed by atoms with Crippen LogP contribution >= 0.6 is 0 Å². The van der Waals surface area contributed by atoms with Crippen LogP contribution in [-0.2, 0) is 19.4 Å². The Morgan fingerprint density at radius 3 is 2.78 bits per heavy atom. The number of amides is 1. The first-order valence-corrected chi connectivity index (χ1v) is 9.60. The zero-order chi connectivity index (χ0) is 17.0. The van der Waals surface area contributed by atoms with Gasteiger partial charge in [0.05, 0.1) is 37.7 Å². The summed E-state index contributed by atoms with van der Waals surface area (Å²) in [5, 5.41) is 6.63. The van der Waals surface area contributed by atoms with Crippen LogP contribution < -0.4 is 0 Å². The zero-order valence-corrected chi connectivity index (χ0v) is 14.6. The van der Waals surface area contributed by atoms with Crippen molar-refractivity contribution in [3.05, 3.63) is 11.9 Å². The van der Waals surface area contributed by atoms with E-state index in [4.69, 9.17) is 4.74 Å². The molecule has 0 aromatic carbocycles. The van der Waals surface area contributed by atoms with Gasteiger partial charge in [0, 0.05) is 25.9 Å². The SMILES string of the molecule is CCN(CC)C(=O)CN1CCOC[C@@H]1c1[nH]ncc1S(C)(=O)=O. The summed E-state index contributed by atoms with van der Waals surface area (Å²) in [6, 6.07) is -0.324. The van der Waals surface area contributed by atoms with Crippen LogP contribution in [0.2, 0.25) is 0 Å². The predicted octanol–water partition coefficient (Wildman–Crippen LogP) is 0.0549. The van der Waals surface area contributed by atoms with E-state index in [1.807, 2.05) is 18.7 Å². The monoisotopic (exact) mass is 344 g/mol. The van der Waals surface area contributed by atoms with Crippen LogP contribution in [0.3, 0.4) is 0 Å². The summed E-state index contributed by atoms with van der Waals surface area (Å²) >= 11 is 0. The van der Waals surface area contributed by atoms with Crippen molar-refractivity contribution < 1.29 is 17.9 Å². The number of nitrogens with one attached hydrogen (secondary N) is 1. The van der Waals surface area contributed by atoms with E-state index in [0.717, 1.165) is 6.26 Å². The first-order chi connectivity index (χ1) is 10.9. The fraction of sp³-hybridized carbons (Fsp3) is 0.714. The molecule has 2 heterocycles. The lowest BCUT2D eigenvalue weighted by atomic mass is 10.1. The van der Waals surface area contributed by atoms with Gasteiger partial charge in [0.2, 0.25) is 5.91 Å². The topological polar surface area (TPSA) is 95.6 Å². The molecule has 0 unspecified atom stereocenters. The number of aromatic amines is 1. The molecule has 1 atom stereocenters. The first kappa shape index (κ1) is 17.9. The van der Waals surface area contributed by atoms with Crippen LogP contribution in [0.1, 0.15) is 25.6 Å². The van der Waals surface area contributed by atoms with E-state index in [-0.39, 0.29) is 23.4 Å². The lowest BCUT2D eigenvalue weighted by molar-refractivity contribution is -0.134. The number of rotatable bonds is 6. The molecule has 9 heteroatoms. The van der Waals surface area contributed by atoms with Gasteiger partial charge in [-0.15, -0.1) is 0 Å². The Morgan fingerprint density at radius 1 is 1.48 bits per heavy atom. The molecule has 1 saturated heterocycles. The van der Waals surface area contributed by atoms with Crippen molar-refractivity contribution in [3.63, 3.8) is 0 Å². The Bertz CT molecular complexity index is 639. The van der Waals surface area contributed by atoms with Crippen molar-refractivity contribution in [2.45, 2.75) is 24.8 Å². The number of hydrogen-bond acceptors (Lipinski definition) is 6. The second-order valence-electron chi connectivity index (χ2n) is 5.55. The van der Waals surface area contributed by atoms with Gasteiger partial charge in [0.1, 0.15) is 4.90 Å². The highest BCUT2D eigenvalue weighted by molar-refractivity contribution is 7.90. The molecule has 1 aliphatic rings. The molecule has 23 heavy (non-hydrogen) atoms. The van der Waals surface area contributed by atoms with Gasteiger partial charge in [-0.2, -0.15) is 5.10 Å². The Hall–Kier alpha value is -1.45. The maximum absolute atomic E-state index is 12.4. The third-order valence-corrected chi connectivity index (χ3v) is 5.18. The molecule has 130 valence electrons. The van der Waals surface area contributed by atoms with Crippen LogP contribution in [0.4, 0.5) is 0 Å². The average Bonchev–Trinajstić information content (AvgIpc) is 2.98. The molecule has 1 aromatic rings. The van der Waals surface area contributed by atoms with Crippen molar-refractivity contribution >= 4 is 15.7 Å². The van der Waals surface area contributed by atoms with Crippen molar-refractivity contribution in [2.24, 2.45) is 0 Å². The predicted molar refractivity (Wildman–Crippen MR) is 84.8 cm³/mol. The standard InChI is InChI=1S/C14H24N4O4S/c1-4-17(5-2)13(19)9-18-6-7-22-10-11(18)14-12(8-15-16-14)23(3,20)21/h8,11H,4-7,9-10H2,1-3H3,(H,15,16)/t11-/m1/s1. The first-order valence-electron chi connectivity index (χ1n) is 7.71. The van der Waals surface area contributed by atoms with Crippen molar-refractivity contribution in [3.8, 4) is 0 Å². The Labute approximate surface area is 136 Å². The lowest BCUT2D eigenvalue weighted by Crippen LogP contribution is -2.46. The minimum absolute atomic E-state index is 0.0299. The molecule has 1 amide bonds. The van der Waals surface area contributed by atoms with E-state index in [0.29, 0.717) is 38.5 Å². The number of hydrogen-bond donors (Lipinski definition) is 1. The molecule has 0 bridgehead atoms. The maximum atomic E-state index is 12.4. The summed E-state index contributed by atoms with van der Waals surface area (Å²) < 4.78 is 29.3. The third-order valence-electron chi connectivity index (χ3n) is 4.06. The maximum Gasteiger partial charge on any atom is 0.236 e. The summed E-state index contributed by atoms with van der Waals surface area (Å²) in [6.07, 6.45) is 2.46. The number of ether oxygens (including phenoxy) is 1. The Morgan fingerprint density at radius 2 is 2.17 bits per heavy atom. The van der Waals surface area contributed by atoms with Gasteiger partial charge in [0.15, 0.2) is 9.84 Å². The molecular weight excluding hydrogens is 320 g/mol. The second-order valence-corrected chi connectivity index (χ2v) is 7.53. The number of sulfone groups is 1. The van der Waals surface area contributed by atoms with E-state index in [1.165, 1.54) is 6.20 Å². The molecule has 0 radical (unpaired) electrons. The number of carbonyl (C=O) groups is 1. The van der Waals surface area contributed by atoms with Gasteiger partial charge in [-0.05, 0) is 13.8 Å². The molecule has 0 aliphatic carbocycles. The minimum Gasteiger partial charge on any atom is -0.378 e. The summed E-state index contributed by atoms with van der Waals surface area (Å²) in [5.74, 6) is 0.0299. The number of H-pyrrole nitrogens is 1. The minimum atomic E-state index is -3.39. The molecular formula is C14H24N4O4S. The van der Waals surface area contributed by atoms with Crippen LogP contribution in [-0.4, -0.2) is 80.0 Å². The summed E-state index contributed by atoms with van der Waals surface area (Å²) in [6.45, 7) is 6.84. The number of aromatic nitrogens is 2. The summed E-state index contributed by atoms with van der Waals surface area (Å²) in [4.78, 5) is 16.2. The molecule has 0 saturated carbocycles. The summed E-state index contributed by atoms with van der Waals surface area (Å²) in [5.41, 5.74) is 0.486. The molecule has 2 rings (SSSR count). The molecule has 8 nitrogen and oxygen atoms in total. The number of carbonyl (C=O) groups excluding carboxylic acids is 1. The quantitative estimate of drug-likeness (QED) is 0.784. The molecule has 1 aromatic heterocycles. The molecule has 0 spiro atoms. The van der Waals surface area contributed by atoms with E-state index in [9.17, 15) is 13.2 Å².